The van der Waals surface area contributed by atoms with E-state index >= 15 is 0 Å². The van der Waals surface area contributed by atoms with Gasteiger partial charge in [-0.1, -0.05) is 12.1 Å². The van der Waals surface area contributed by atoms with Crippen LogP contribution in [0.3, 0.4) is 0 Å². The van der Waals surface area contributed by atoms with Crippen molar-refractivity contribution in [3.63, 3.8) is 0 Å². The molecule has 0 saturated heterocycles. The number of nitrogens with one attached hydrogen (secondary N) is 3. The average molecular weight is 429 g/mol. The predicted octanol–water partition coefficient (Wildman–Crippen LogP) is 4.89. The van der Waals surface area contributed by atoms with Crippen LogP contribution in [0.1, 0.15) is 55.8 Å². The summed E-state index contributed by atoms with van der Waals surface area (Å²) in [6.45, 7) is 1.49. The molecule has 6 heteroatoms. The van der Waals surface area contributed by atoms with Gasteiger partial charge in [0.15, 0.2) is 0 Å². The van der Waals surface area contributed by atoms with Crippen molar-refractivity contribution in [2.24, 2.45) is 17.8 Å². The van der Waals surface area contributed by atoms with Crippen molar-refractivity contribution >= 4 is 28.5 Å². The Labute approximate surface area is 187 Å². The minimum absolute atomic E-state index is 0.0227. The van der Waals surface area contributed by atoms with E-state index in [2.05, 4.69) is 20.6 Å². The Kier molecular flexibility index (Phi) is 4.39. The molecule has 3 aromatic rings. The predicted molar refractivity (Wildman–Crippen MR) is 124 cm³/mol. The lowest BCUT2D eigenvalue weighted by Gasteiger charge is -2.56. The fraction of sp³-hybridized carbons (Fsp3) is 0.423. The molecular weight excluding hydrogens is 400 g/mol. The van der Waals surface area contributed by atoms with Crippen molar-refractivity contribution in [1.82, 2.24) is 15.3 Å². The molecule has 0 unspecified atom stereocenters. The second-order valence-electron chi connectivity index (χ2n) is 10.2. The van der Waals surface area contributed by atoms with Crippen molar-refractivity contribution in [2.75, 3.05) is 5.32 Å². The number of anilines is 1. The number of aromatic nitrogens is 2. The zero-order valence-electron chi connectivity index (χ0n) is 18.3. The highest BCUT2D eigenvalue weighted by Gasteiger charge is 2.51. The highest BCUT2D eigenvalue weighted by molar-refractivity contribution is 5.95. The van der Waals surface area contributed by atoms with E-state index in [1.54, 1.807) is 0 Å². The van der Waals surface area contributed by atoms with Gasteiger partial charge in [0.2, 0.25) is 5.91 Å². The third-order valence-corrected chi connectivity index (χ3v) is 7.64. The summed E-state index contributed by atoms with van der Waals surface area (Å²) in [5.74, 6) is 3.11. The van der Waals surface area contributed by atoms with E-state index in [4.69, 9.17) is 0 Å². The van der Waals surface area contributed by atoms with Crippen molar-refractivity contribution < 1.29 is 9.59 Å². The van der Waals surface area contributed by atoms with Gasteiger partial charge in [-0.2, -0.15) is 0 Å². The van der Waals surface area contributed by atoms with E-state index in [1.807, 2.05) is 42.5 Å². The Morgan fingerprint density at radius 3 is 2.25 bits per heavy atom. The molecular formula is C26H28N4O2. The second-order valence-corrected chi connectivity index (χ2v) is 10.2. The lowest BCUT2D eigenvalue weighted by Crippen LogP contribution is -2.59. The molecule has 0 spiro atoms. The van der Waals surface area contributed by atoms with Gasteiger partial charge in [-0.05, 0) is 86.6 Å². The van der Waals surface area contributed by atoms with Crippen LogP contribution in [0.4, 0.5) is 5.69 Å². The quantitative estimate of drug-likeness (QED) is 0.553. The maximum Gasteiger partial charge on any atom is 0.251 e. The Morgan fingerprint density at radius 1 is 0.969 bits per heavy atom. The van der Waals surface area contributed by atoms with E-state index in [-0.39, 0.29) is 17.4 Å². The van der Waals surface area contributed by atoms with Crippen molar-refractivity contribution in [1.29, 1.82) is 0 Å². The number of fused-ring (bicyclic) bond motifs is 1. The van der Waals surface area contributed by atoms with Crippen LogP contribution >= 0.6 is 0 Å². The molecule has 4 fully saturated rings. The zero-order chi connectivity index (χ0) is 21.9. The van der Waals surface area contributed by atoms with Crippen molar-refractivity contribution in [3.8, 4) is 11.4 Å². The SMILES string of the molecule is CC(=O)Nc1ccc2nc(-c3ccc(C(=O)NC45CC6CC(CC(C6)C4)C5)cc3)[nH]c2c1. The van der Waals surface area contributed by atoms with E-state index in [0.717, 1.165) is 65.1 Å². The lowest BCUT2D eigenvalue weighted by molar-refractivity contribution is -0.114. The molecule has 1 heterocycles. The van der Waals surface area contributed by atoms with Gasteiger partial charge in [-0.3, -0.25) is 9.59 Å². The molecule has 3 N–H and O–H groups in total. The summed E-state index contributed by atoms with van der Waals surface area (Å²) in [4.78, 5) is 32.3. The normalized spacial score (nSPS) is 28.1. The number of hydrogen-bond acceptors (Lipinski definition) is 3. The molecule has 32 heavy (non-hydrogen) atoms. The third-order valence-electron chi connectivity index (χ3n) is 7.64. The molecule has 4 bridgehead atoms. The molecule has 4 aliphatic rings. The van der Waals surface area contributed by atoms with Gasteiger partial charge < -0.3 is 15.6 Å². The molecule has 0 aliphatic heterocycles. The number of carbonyl (C=O) groups is 2. The zero-order valence-corrected chi connectivity index (χ0v) is 18.3. The summed E-state index contributed by atoms with van der Waals surface area (Å²) in [7, 11) is 0. The van der Waals surface area contributed by atoms with Crippen LogP contribution in [0.5, 0.6) is 0 Å². The maximum absolute atomic E-state index is 13.1. The summed E-state index contributed by atoms with van der Waals surface area (Å²) in [5.41, 5.74) is 4.07. The van der Waals surface area contributed by atoms with Crippen LogP contribution < -0.4 is 10.6 Å². The van der Waals surface area contributed by atoms with Gasteiger partial charge in [0.05, 0.1) is 11.0 Å². The monoisotopic (exact) mass is 428 g/mol. The van der Waals surface area contributed by atoms with Crippen LogP contribution in [-0.4, -0.2) is 27.3 Å². The summed E-state index contributed by atoms with van der Waals surface area (Å²) in [6, 6.07) is 13.3. The first-order valence-electron chi connectivity index (χ1n) is 11.6. The minimum atomic E-state index is -0.105. The van der Waals surface area contributed by atoms with E-state index in [9.17, 15) is 9.59 Å². The van der Waals surface area contributed by atoms with Gasteiger partial charge >= 0.3 is 0 Å². The first kappa shape index (κ1) is 19.5. The second kappa shape index (κ2) is 7.19. The van der Waals surface area contributed by atoms with Gasteiger partial charge in [-0.25, -0.2) is 4.98 Å². The Bertz CT molecular complexity index is 1180. The molecule has 1 aromatic heterocycles. The van der Waals surface area contributed by atoms with Crippen LogP contribution in [-0.2, 0) is 4.79 Å². The highest BCUT2D eigenvalue weighted by atomic mass is 16.2. The van der Waals surface area contributed by atoms with Crippen molar-refractivity contribution in [3.05, 3.63) is 48.0 Å². The highest BCUT2D eigenvalue weighted by Crippen LogP contribution is 2.55. The fourth-order valence-corrected chi connectivity index (χ4v) is 6.78. The summed E-state index contributed by atoms with van der Waals surface area (Å²) < 4.78 is 0. The molecule has 6 nitrogen and oxygen atoms in total. The number of carbonyl (C=O) groups excluding carboxylic acids is 2. The van der Waals surface area contributed by atoms with Gasteiger partial charge in [-0.15, -0.1) is 0 Å². The number of amides is 2. The van der Waals surface area contributed by atoms with Gasteiger partial charge in [0.25, 0.3) is 5.91 Å². The molecule has 0 radical (unpaired) electrons. The van der Waals surface area contributed by atoms with E-state index < -0.39 is 0 Å². The lowest BCUT2D eigenvalue weighted by atomic mass is 9.53. The van der Waals surface area contributed by atoms with Crippen LogP contribution in [0, 0.1) is 17.8 Å². The number of benzene rings is 2. The molecule has 4 aliphatic carbocycles. The Hall–Kier alpha value is -3.15. The maximum atomic E-state index is 13.1. The van der Waals surface area contributed by atoms with Crippen LogP contribution in [0.2, 0.25) is 0 Å². The van der Waals surface area contributed by atoms with Crippen LogP contribution in [0.25, 0.3) is 22.4 Å². The first-order chi connectivity index (χ1) is 15.4. The van der Waals surface area contributed by atoms with E-state index in [0.29, 0.717) is 5.56 Å². The summed E-state index contributed by atoms with van der Waals surface area (Å²) in [6.07, 6.45) is 7.57. The Balaban J connectivity index is 1.19. The van der Waals surface area contributed by atoms with Gasteiger partial charge in [0.1, 0.15) is 5.82 Å². The molecule has 2 aromatic carbocycles. The topological polar surface area (TPSA) is 86.9 Å². The molecule has 4 saturated carbocycles. The molecule has 0 atom stereocenters. The fourth-order valence-electron chi connectivity index (χ4n) is 6.78. The smallest absolute Gasteiger partial charge is 0.251 e. The average Bonchev–Trinajstić information content (AvgIpc) is 3.15. The van der Waals surface area contributed by atoms with Gasteiger partial charge in [0, 0.05) is 29.3 Å². The standard InChI is InChI=1S/C26H28N4O2/c1-15(31)27-21-6-7-22-23(11-21)29-24(28-22)19-2-4-20(5-3-19)25(32)30-26-12-16-8-17(13-26)10-18(9-16)14-26/h2-7,11,16-18H,8-10,12-14H2,1H3,(H,27,31)(H,28,29)(H,30,32). The van der Waals surface area contributed by atoms with Crippen LogP contribution in [0.15, 0.2) is 42.5 Å². The number of hydrogen-bond donors (Lipinski definition) is 3. The largest absolute Gasteiger partial charge is 0.347 e. The Morgan fingerprint density at radius 2 is 1.62 bits per heavy atom. The number of imidazole rings is 1. The number of H-pyrrole nitrogens is 1. The van der Waals surface area contributed by atoms with E-state index in [1.165, 1.54) is 26.2 Å². The number of aromatic amines is 1. The molecule has 2 amide bonds. The first-order valence-corrected chi connectivity index (χ1v) is 11.6. The summed E-state index contributed by atoms with van der Waals surface area (Å²) >= 11 is 0. The summed E-state index contributed by atoms with van der Waals surface area (Å²) in [5, 5.41) is 6.23. The minimum Gasteiger partial charge on any atom is -0.347 e. The van der Waals surface area contributed by atoms with Crippen molar-refractivity contribution in [2.45, 2.75) is 51.0 Å². The molecule has 7 rings (SSSR count). The number of nitrogens with zero attached hydrogens (tertiary/aromatic N) is 1. The number of rotatable bonds is 4. The third kappa shape index (κ3) is 3.48. The molecule has 164 valence electrons.